The number of benzene rings is 2. The number of anilines is 1. The molecule has 26 heavy (non-hydrogen) atoms. The van der Waals surface area contributed by atoms with Gasteiger partial charge in [-0.3, -0.25) is 4.79 Å². The molecular weight excluding hydrogens is 324 g/mol. The molecule has 3 N–H and O–H groups in total. The molecule has 0 spiro atoms. The predicted molar refractivity (Wildman–Crippen MR) is 109 cm³/mol. The predicted octanol–water partition coefficient (Wildman–Crippen LogP) is 4.28. The summed E-state index contributed by atoms with van der Waals surface area (Å²) in [5.74, 6) is 0.550. The van der Waals surface area contributed by atoms with Crippen molar-refractivity contribution in [2.75, 3.05) is 18.5 Å². The van der Waals surface area contributed by atoms with Gasteiger partial charge in [0, 0.05) is 24.4 Å². The summed E-state index contributed by atoms with van der Waals surface area (Å²) in [5, 5.41) is 2.85. The monoisotopic (exact) mass is 352 g/mol. The number of nitrogens with one attached hydrogen (secondary N) is 1. The van der Waals surface area contributed by atoms with Crippen molar-refractivity contribution in [3.63, 3.8) is 0 Å². The number of hydrogen-bond donors (Lipinski definition) is 2. The SMILES string of the molecule is Cc1ccc(NC(=O)/C=C/c2ccc(C(C)(C)C)cc2)cc1OCCN. The first kappa shape index (κ1) is 19.7. The zero-order chi connectivity index (χ0) is 19.2. The number of amides is 1. The zero-order valence-electron chi connectivity index (χ0n) is 16.0. The summed E-state index contributed by atoms with van der Waals surface area (Å²) < 4.78 is 5.58. The van der Waals surface area contributed by atoms with Gasteiger partial charge < -0.3 is 15.8 Å². The number of aryl methyl sites for hydroxylation is 1. The number of carbonyl (C=O) groups excluding carboxylic acids is 1. The number of ether oxygens (including phenoxy) is 1. The molecule has 138 valence electrons. The second-order valence-corrected chi connectivity index (χ2v) is 7.31. The third kappa shape index (κ3) is 5.74. The smallest absolute Gasteiger partial charge is 0.248 e. The molecule has 0 aliphatic carbocycles. The first-order valence-corrected chi connectivity index (χ1v) is 8.83. The topological polar surface area (TPSA) is 64.3 Å². The Balaban J connectivity index is 2.01. The van der Waals surface area contributed by atoms with Gasteiger partial charge in [0.05, 0.1) is 0 Å². The first-order chi connectivity index (χ1) is 12.3. The molecule has 2 aromatic carbocycles. The minimum atomic E-state index is -0.182. The minimum absolute atomic E-state index is 0.120. The van der Waals surface area contributed by atoms with Crippen molar-refractivity contribution < 1.29 is 9.53 Å². The van der Waals surface area contributed by atoms with Crippen LogP contribution in [-0.2, 0) is 10.2 Å². The largest absolute Gasteiger partial charge is 0.492 e. The molecule has 0 unspecified atom stereocenters. The maximum atomic E-state index is 12.2. The van der Waals surface area contributed by atoms with Gasteiger partial charge in [-0.15, -0.1) is 0 Å². The summed E-state index contributed by atoms with van der Waals surface area (Å²) in [6.07, 6.45) is 3.34. The Labute approximate surface area is 156 Å². The van der Waals surface area contributed by atoms with Crippen LogP contribution in [0.5, 0.6) is 5.75 Å². The molecule has 0 saturated carbocycles. The van der Waals surface area contributed by atoms with Crippen molar-refractivity contribution in [2.45, 2.75) is 33.1 Å². The fraction of sp³-hybridized carbons (Fsp3) is 0.318. The molecule has 0 fully saturated rings. The molecule has 4 heteroatoms. The molecule has 0 aromatic heterocycles. The average molecular weight is 352 g/mol. The Morgan fingerprint density at radius 1 is 1.15 bits per heavy atom. The van der Waals surface area contributed by atoms with E-state index in [1.54, 1.807) is 0 Å². The highest BCUT2D eigenvalue weighted by Gasteiger charge is 2.12. The maximum absolute atomic E-state index is 12.2. The molecule has 0 saturated heterocycles. The lowest BCUT2D eigenvalue weighted by Crippen LogP contribution is -2.12. The van der Waals surface area contributed by atoms with Crippen molar-refractivity contribution in [3.8, 4) is 5.75 Å². The molecular formula is C22H28N2O2. The molecule has 2 rings (SSSR count). The molecule has 1 amide bonds. The van der Waals surface area contributed by atoms with Crippen LogP contribution in [-0.4, -0.2) is 19.1 Å². The van der Waals surface area contributed by atoms with E-state index >= 15 is 0 Å². The fourth-order valence-electron chi connectivity index (χ4n) is 2.45. The molecule has 0 aliphatic rings. The van der Waals surface area contributed by atoms with Crippen LogP contribution in [0.4, 0.5) is 5.69 Å². The van der Waals surface area contributed by atoms with Crippen molar-refractivity contribution in [2.24, 2.45) is 5.73 Å². The quantitative estimate of drug-likeness (QED) is 0.763. The molecule has 2 aromatic rings. The van der Waals surface area contributed by atoms with Crippen LogP contribution in [0.15, 0.2) is 48.5 Å². The van der Waals surface area contributed by atoms with Gasteiger partial charge in [0.15, 0.2) is 0 Å². The van der Waals surface area contributed by atoms with E-state index in [9.17, 15) is 4.79 Å². The van der Waals surface area contributed by atoms with Crippen molar-refractivity contribution >= 4 is 17.7 Å². The van der Waals surface area contributed by atoms with E-state index in [0.29, 0.717) is 18.8 Å². The Morgan fingerprint density at radius 3 is 2.46 bits per heavy atom. The minimum Gasteiger partial charge on any atom is -0.492 e. The molecule has 4 nitrogen and oxygen atoms in total. The molecule has 0 atom stereocenters. The van der Waals surface area contributed by atoms with Crippen LogP contribution in [0.1, 0.15) is 37.5 Å². The first-order valence-electron chi connectivity index (χ1n) is 8.83. The van der Waals surface area contributed by atoms with Crippen LogP contribution in [0.25, 0.3) is 6.08 Å². The van der Waals surface area contributed by atoms with Crippen LogP contribution in [0, 0.1) is 6.92 Å². The Bertz CT molecular complexity index is 772. The Hall–Kier alpha value is -2.59. The Morgan fingerprint density at radius 2 is 1.85 bits per heavy atom. The van der Waals surface area contributed by atoms with Gasteiger partial charge in [-0.05, 0) is 41.2 Å². The summed E-state index contributed by atoms with van der Waals surface area (Å²) in [5.41, 5.74) is 9.55. The highest BCUT2D eigenvalue weighted by Crippen LogP contribution is 2.23. The molecule has 0 aliphatic heterocycles. The average Bonchev–Trinajstić information content (AvgIpc) is 2.60. The van der Waals surface area contributed by atoms with Crippen molar-refractivity contribution in [3.05, 3.63) is 65.2 Å². The van der Waals surface area contributed by atoms with Crippen LogP contribution < -0.4 is 15.8 Å². The molecule has 0 radical (unpaired) electrons. The fourth-order valence-corrected chi connectivity index (χ4v) is 2.45. The van der Waals surface area contributed by atoms with E-state index in [2.05, 4.69) is 38.2 Å². The highest BCUT2D eigenvalue weighted by atomic mass is 16.5. The van der Waals surface area contributed by atoms with E-state index in [0.717, 1.165) is 16.9 Å². The van der Waals surface area contributed by atoms with Gasteiger partial charge in [0.2, 0.25) is 5.91 Å². The number of nitrogens with two attached hydrogens (primary N) is 1. The lowest BCUT2D eigenvalue weighted by atomic mass is 9.87. The third-order valence-electron chi connectivity index (χ3n) is 4.03. The molecule has 0 bridgehead atoms. The standard InChI is InChI=1S/C22H28N2O2/c1-16-5-11-19(15-20(16)26-14-13-23)24-21(25)12-8-17-6-9-18(10-7-17)22(2,3)4/h5-12,15H,13-14,23H2,1-4H3,(H,24,25)/b12-8+. The second-order valence-electron chi connectivity index (χ2n) is 7.31. The number of rotatable bonds is 6. The van der Waals surface area contributed by atoms with Gasteiger partial charge >= 0.3 is 0 Å². The lowest BCUT2D eigenvalue weighted by molar-refractivity contribution is -0.111. The van der Waals surface area contributed by atoms with Crippen molar-refractivity contribution in [1.29, 1.82) is 0 Å². The summed E-state index contributed by atoms with van der Waals surface area (Å²) >= 11 is 0. The summed E-state index contributed by atoms with van der Waals surface area (Å²) in [7, 11) is 0. The van der Waals surface area contributed by atoms with Gasteiger partial charge in [-0.2, -0.15) is 0 Å². The number of carbonyl (C=O) groups is 1. The van der Waals surface area contributed by atoms with Gasteiger partial charge in [0.1, 0.15) is 12.4 Å². The Kier molecular flexibility index (Phi) is 6.58. The third-order valence-corrected chi connectivity index (χ3v) is 4.03. The zero-order valence-corrected chi connectivity index (χ0v) is 16.0. The summed E-state index contributed by atoms with van der Waals surface area (Å²) in [4.78, 5) is 12.2. The van der Waals surface area contributed by atoms with E-state index in [-0.39, 0.29) is 11.3 Å². The van der Waals surface area contributed by atoms with Crippen LogP contribution in [0.2, 0.25) is 0 Å². The van der Waals surface area contributed by atoms with Gasteiger partial charge in [-0.1, -0.05) is 51.1 Å². The lowest BCUT2D eigenvalue weighted by Gasteiger charge is -2.18. The van der Waals surface area contributed by atoms with Gasteiger partial charge in [0.25, 0.3) is 0 Å². The normalized spacial score (nSPS) is 11.6. The molecule has 0 heterocycles. The van der Waals surface area contributed by atoms with Gasteiger partial charge in [-0.25, -0.2) is 0 Å². The second kappa shape index (κ2) is 8.68. The number of hydrogen-bond acceptors (Lipinski definition) is 3. The highest BCUT2D eigenvalue weighted by molar-refractivity contribution is 6.02. The van der Waals surface area contributed by atoms with Crippen LogP contribution in [0.3, 0.4) is 0 Å². The van der Waals surface area contributed by atoms with Crippen molar-refractivity contribution in [1.82, 2.24) is 0 Å². The summed E-state index contributed by atoms with van der Waals surface area (Å²) in [6.45, 7) is 9.39. The van der Waals surface area contributed by atoms with E-state index in [4.69, 9.17) is 10.5 Å². The summed E-state index contributed by atoms with van der Waals surface area (Å²) in [6, 6.07) is 13.8. The van der Waals surface area contributed by atoms with Crippen LogP contribution >= 0.6 is 0 Å². The maximum Gasteiger partial charge on any atom is 0.248 e. The van der Waals surface area contributed by atoms with E-state index in [1.165, 1.54) is 11.6 Å². The van der Waals surface area contributed by atoms with E-state index < -0.39 is 0 Å². The van der Waals surface area contributed by atoms with E-state index in [1.807, 2.05) is 43.3 Å².